The van der Waals surface area contributed by atoms with E-state index in [0.29, 0.717) is 18.0 Å². The molecule has 0 fully saturated rings. The summed E-state index contributed by atoms with van der Waals surface area (Å²) in [6.45, 7) is 6.15. The SMILES string of the molecule is CCOc1ccc(S(=O)(=O)Nc2cc(OC)c(OC)cc2C(=O)Nc2cccc(C)c2C)cc1. The molecule has 0 atom stereocenters. The highest BCUT2D eigenvalue weighted by Gasteiger charge is 2.23. The van der Waals surface area contributed by atoms with Gasteiger partial charge in [0, 0.05) is 11.8 Å². The number of benzene rings is 3. The second-order valence-corrected chi connectivity index (χ2v) is 9.15. The summed E-state index contributed by atoms with van der Waals surface area (Å²) in [7, 11) is -1.15. The van der Waals surface area contributed by atoms with E-state index in [2.05, 4.69) is 10.0 Å². The monoisotopic (exact) mass is 484 g/mol. The van der Waals surface area contributed by atoms with Gasteiger partial charge in [-0.1, -0.05) is 12.1 Å². The number of aryl methyl sites for hydroxylation is 1. The molecule has 0 aliphatic heterocycles. The minimum absolute atomic E-state index is 0.0200. The summed E-state index contributed by atoms with van der Waals surface area (Å²) in [6.07, 6.45) is 0. The van der Waals surface area contributed by atoms with E-state index in [4.69, 9.17) is 14.2 Å². The lowest BCUT2D eigenvalue weighted by atomic mass is 10.1. The molecule has 0 heterocycles. The quantitative estimate of drug-likeness (QED) is 0.453. The van der Waals surface area contributed by atoms with Crippen molar-refractivity contribution < 1.29 is 27.4 Å². The van der Waals surface area contributed by atoms with Crippen LogP contribution in [0.1, 0.15) is 28.4 Å². The molecule has 3 rings (SSSR count). The molecule has 0 radical (unpaired) electrons. The Morgan fingerprint density at radius 2 is 1.56 bits per heavy atom. The van der Waals surface area contributed by atoms with Crippen molar-refractivity contribution in [3.05, 3.63) is 71.3 Å². The van der Waals surface area contributed by atoms with Gasteiger partial charge in [-0.3, -0.25) is 9.52 Å². The summed E-state index contributed by atoms with van der Waals surface area (Å²) < 4.78 is 44.7. The molecule has 0 bridgehead atoms. The van der Waals surface area contributed by atoms with Crippen LogP contribution in [-0.4, -0.2) is 35.2 Å². The van der Waals surface area contributed by atoms with Crippen LogP contribution in [-0.2, 0) is 10.0 Å². The average molecular weight is 485 g/mol. The Bertz CT molecular complexity index is 1290. The van der Waals surface area contributed by atoms with Gasteiger partial charge in [0.1, 0.15) is 5.75 Å². The Hall–Kier alpha value is -3.72. The number of sulfonamides is 1. The topological polar surface area (TPSA) is 103 Å². The lowest BCUT2D eigenvalue weighted by molar-refractivity contribution is 0.102. The Kier molecular flexibility index (Phi) is 7.68. The van der Waals surface area contributed by atoms with E-state index in [1.807, 2.05) is 32.9 Å². The molecule has 0 unspecified atom stereocenters. The van der Waals surface area contributed by atoms with Gasteiger partial charge in [-0.15, -0.1) is 0 Å². The maximum Gasteiger partial charge on any atom is 0.261 e. The maximum absolute atomic E-state index is 13.2. The van der Waals surface area contributed by atoms with E-state index in [1.165, 1.54) is 38.5 Å². The van der Waals surface area contributed by atoms with Gasteiger partial charge >= 0.3 is 0 Å². The van der Waals surface area contributed by atoms with E-state index >= 15 is 0 Å². The van der Waals surface area contributed by atoms with Gasteiger partial charge in [0.05, 0.1) is 37.0 Å². The third-order valence-electron chi connectivity index (χ3n) is 5.31. The van der Waals surface area contributed by atoms with Crippen molar-refractivity contribution in [2.75, 3.05) is 30.9 Å². The van der Waals surface area contributed by atoms with E-state index in [1.54, 1.807) is 18.2 Å². The first-order valence-electron chi connectivity index (χ1n) is 10.6. The number of methoxy groups -OCH3 is 2. The lowest BCUT2D eigenvalue weighted by Gasteiger charge is -2.17. The highest BCUT2D eigenvalue weighted by molar-refractivity contribution is 7.92. The zero-order valence-electron chi connectivity index (χ0n) is 19.8. The average Bonchev–Trinajstić information content (AvgIpc) is 2.82. The zero-order valence-corrected chi connectivity index (χ0v) is 20.6. The molecule has 8 nitrogen and oxygen atoms in total. The fourth-order valence-electron chi connectivity index (χ4n) is 3.31. The maximum atomic E-state index is 13.2. The Morgan fingerprint density at radius 3 is 2.18 bits per heavy atom. The zero-order chi connectivity index (χ0) is 24.9. The molecular formula is C25H28N2O6S. The first kappa shape index (κ1) is 24.9. The Morgan fingerprint density at radius 1 is 0.912 bits per heavy atom. The number of nitrogens with one attached hydrogen (secondary N) is 2. The number of anilines is 2. The van der Waals surface area contributed by atoms with Crippen LogP contribution >= 0.6 is 0 Å². The molecule has 0 aliphatic rings. The van der Waals surface area contributed by atoms with Crippen molar-refractivity contribution in [3.63, 3.8) is 0 Å². The predicted octanol–water partition coefficient (Wildman–Crippen LogP) is 4.77. The Labute approximate surface area is 199 Å². The van der Waals surface area contributed by atoms with Crippen LogP contribution in [0.2, 0.25) is 0 Å². The standard InChI is InChI=1S/C25H28N2O6S/c1-6-33-18-10-12-19(13-11-18)34(29,30)27-22-15-24(32-5)23(31-4)14-20(22)25(28)26-21-9-7-8-16(2)17(21)3/h7-15,27H,6H2,1-5H3,(H,26,28). The molecule has 0 spiro atoms. The number of amides is 1. The lowest BCUT2D eigenvalue weighted by Crippen LogP contribution is -2.19. The van der Waals surface area contributed by atoms with Crippen molar-refractivity contribution in [2.24, 2.45) is 0 Å². The minimum atomic E-state index is -4.02. The fraction of sp³-hybridized carbons (Fsp3) is 0.240. The fourth-order valence-corrected chi connectivity index (χ4v) is 4.38. The van der Waals surface area contributed by atoms with Crippen LogP contribution in [0.5, 0.6) is 17.2 Å². The first-order chi connectivity index (χ1) is 16.2. The molecule has 2 N–H and O–H groups in total. The van der Waals surface area contributed by atoms with Gasteiger partial charge in [0.15, 0.2) is 11.5 Å². The van der Waals surface area contributed by atoms with Gasteiger partial charge in [0.2, 0.25) is 0 Å². The molecule has 0 aliphatic carbocycles. The highest BCUT2D eigenvalue weighted by Crippen LogP contribution is 2.35. The number of rotatable bonds is 9. The van der Waals surface area contributed by atoms with Crippen molar-refractivity contribution in [1.82, 2.24) is 0 Å². The smallest absolute Gasteiger partial charge is 0.261 e. The molecule has 9 heteroatoms. The van der Waals surface area contributed by atoms with Crippen molar-refractivity contribution in [3.8, 4) is 17.2 Å². The second-order valence-electron chi connectivity index (χ2n) is 7.46. The van der Waals surface area contributed by atoms with Gasteiger partial charge in [0.25, 0.3) is 15.9 Å². The number of carbonyl (C=O) groups is 1. The summed E-state index contributed by atoms with van der Waals surface area (Å²) in [6, 6.07) is 14.4. The second kappa shape index (κ2) is 10.5. The molecule has 0 saturated carbocycles. The molecule has 3 aromatic rings. The highest BCUT2D eigenvalue weighted by atomic mass is 32.2. The van der Waals surface area contributed by atoms with Crippen LogP contribution in [0, 0.1) is 13.8 Å². The third kappa shape index (κ3) is 5.43. The van der Waals surface area contributed by atoms with Crippen LogP contribution in [0.15, 0.2) is 59.5 Å². The third-order valence-corrected chi connectivity index (χ3v) is 6.69. The molecule has 0 saturated heterocycles. The first-order valence-corrected chi connectivity index (χ1v) is 12.1. The van der Waals surface area contributed by atoms with Crippen LogP contribution in [0.3, 0.4) is 0 Å². The molecule has 1 amide bonds. The van der Waals surface area contributed by atoms with Crippen LogP contribution in [0.4, 0.5) is 11.4 Å². The van der Waals surface area contributed by atoms with Crippen molar-refractivity contribution >= 4 is 27.3 Å². The van der Waals surface area contributed by atoms with Gasteiger partial charge in [-0.25, -0.2) is 8.42 Å². The number of hydrogen-bond acceptors (Lipinski definition) is 6. The predicted molar refractivity (Wildman–Crippen MR) is 132 cm³/mol. The van der Waals surface area contributed by atoms with E-state index in [9.17, 15) is 13.2 Å². The summed E-state index contributed by atoms with van der Waals surface area (Å²) in [4.78, 5) is 13.3. The molecule has 34 heavy (non-hydrogen) atoms. The van der Waals surface area contributed by atoms with Crippen LogP contribution < -0.4 is 24.2 Å². The number of hydrogen-bond donors (Lipinski definition) is 2. The van der Waals surface area contributed by atoms with Gasteiger partial charge in [-0.2, -0.15) is 0 Å². The van der Waals surface area contributed by atoms with E-state index < -0.39 is 15.9 Å². The minimum Gasteiger partial charge on any atom is -0.494 e. The summed E-state index contributed by atoms with van der Waals surface area (Å²) >= 11 is 0. The number of carbonyl (C=O) groups excluding carboxylic acids is 1. The van der Waals surface area contributed by atoms with E-state index in [-0.39, 0.29) is 27.6 Å². The molecule has 3 aromatic carbocycles. The number of ether oxygens (including phenoxy) is 3. The summed E-state index contributed by atoms with van der Waals surface area (Å²) in [5.74, 6) is 0.619. The molecule has 0 aromatic heterocycles. The molecule has 180 valence electrons. The Balaban J connectivity index is 2.01. The van der Waals surface area contributed by atoms with Crippen LogP contribution in [0.25, 0.3) is 0 Å². The van der Waals surface area contributed by atoms with Gasteiger partial charge < -0.3 is 19.5 Å². The van der Waals surface area contributed by atoms with E-state index in [0.717, 1.165) is 11.1 Å². The van der Waals surface area contributed by atoms with Gasteiger partial charge in [-0.05, 0) is 68.3 Å². The summed E-state index contributed by atoms with van der Waals surface area (Å²) in [5, 5.41) is 2.86. The molecular weight excluding hydrogens is 456 g/mol. The summed E-state index contributed by atoms with van der Waals surface area (Å²) in [5.41, 5.74) is 2.68. The normalized spacial score (nSPS) is 11.0. The van der Waals surface area contributed by atoms with Crippen molar-refractivity contribution in [2.45, 2.75) is 25.7 Å². The largest absolute Gasteiger partial charge is 0.494 e. The van der Waals surface area contributed by atoms with Crippen molar-refractivity contribution in [1.29, 1.82) is 0 Å².